The van der Waals surface area contributed by atoms with Crippen molar-refractivity contribution < 1.29 is 9.15 Å². The van der Waals surface area contributed by atoms with E-state index in [1.165, 1.54) is 36.5 Å². The summed E-state index contributed by atoms with van der Waals surface area (Å²) in [5.41, 5.74) is 2.79. The number of nitrogens with zero attached hydrogens (tertiary/aromatic N) is 3. The van der Waals surface area contributed by atoms with Crippen molar-refractivity contribution >= 4 is 17.0 Å². The van der Waals surface area contributed by atoms with Crippen LogP contribution in [-0.2, 0) is 7.05 Å². The van der Waals surface area contributed by atoms with Gasteiger partial charge in [0, 0.05) is 7.05 Å². The van der Waals surface area contributed by atoms with Gasteiger partial charge in [0.05, 0.1) is 13.2 Å². The van der Waals surface area contributed by atoms with E-state index in [4.69, 9.17) is 14.1 Å². The van der Waals surface area contributed by atoms with Crippen LogP contribution >= 0.6 is 0 Å². The molecule has 32 heavy (non-hydrogen) atoms. The molecule has 0 amide bonds. The van der Waals surface area contributed by atoms with Crippen LogP contribution in [-0.4, -0.2) is 21.6 Å². The van der Waals surface area contributed by atoms with E-state index >= 15 is 0 Å². The summed E-state index contributed by atoms with van der Waals surface area (Å²) in [6, 6.07) is 18.0. The summed E-state index contributed by atoms with van der Waals surface area (Å²) in [4.78, 5) is 22.5. The van der Waals surface area contributed by atoms with Crippen LogP contribution in [0, 0.1) is 11.3 Å². The molecule has 3 aliphatic rings. The number of ether oxygens (including phenoxy) is 1. The Balaban J connectivity index is 1.47. The number of oxazole rings is 1. The predicted molar refractivity (Wildman–Crippen MR) is 122 cm³/mol. The molecule has 0 aliphatic heterocycles. The fourth-order valence-electron chi connectivity index (χ4n) is 5.28. The van der Waals surface area contributed by atoms with Crippen LogP contribution < -0.4 is 15.6 Å². The highest BCUT2D eigenvalue weighted by molar-refractivity contribution is 5.76. The fourth-order valence-corrected chi connectivity index (χ4v) is 5.28. The number of fused-ring (bicyclic) bond motifs is 1. The zero-order valence-corrected chi connectivity index (χ0v) is 18.0. The predicted octanol–water partition coefficient (Wildman–Crippen LogP) is 4.55. The summed E-state index contributed by atoms with van der Waals surface area (Å²) in [5.74, 6) is 1.70. The van der Waals surface area contributed by atoms with Gasteiger partial charge in [0.25, 0.3) is 11.4 Å². The normalized spacial score (nSPS) is 22.1. The zero-order chi connectivity index (χ0) is 21.9. The molecule has 7 rings (SSSR count). The van der Waals surface area contributed by atoms with Crippen LogP contribution in [0.4, 0.5) is 5.95 Å². The first-order valence-electron chi connectivity index (χ1n) is 10.9. The molecule has 0 radical (unpaired) electrons. The Labute approximate surface area is 185 Å². The zero-order valence-electron chi connectivity index (χ0n) is 18.0. The van der Waals surface area contributed by atoms with E-state index in [1.807, 2.05) is 30.3 Å². The number of hydrogen-bond acceptors (Lipinski definition) is 6. The maximum atomic E-state index is 13.2. The Morgan fingerprint density at radius 1 is 1.09 bits per heavy atom. The molecule has 162 valence electrons. The van der Waals surface area contributed by atoms with Crippen LogP contribution in [0.2, 0.25) is 0 Å². The number of benzene rings is 2. The highest BCUT2D eigenvalue weighted by Crippen LogP contribution is 2.70. The molecule has 4 aromatic rings. The number of para-hydroxylation sites is 2. The summed E-state index contributed by atoms with van der Waals surface area (Å²) < 4.78 is 12.9. The molecule has 2 aromatic carbocycles. The van der Waals surface area contributed by atoms with E-state index in [0.717, 1.165) is 5.92 Å². The second-order valence-corrected chi connectivity index (χ2v) is 9.00. The number of rotatable bonds is 6. The average molecular weight is 428 g/mol. The Morgan fingerprint density at radius 2 is 1.81 bits per heavy atom. The molecule has 2 bridgehead atoms. The Morgan fingerprint density at radius 3 is 2.47 bits per heavy atom. The molecule has 7 heteroatoms. The third kappa shape index (κ3) is 2.77. The van der Waals surface area contributed by atoms with Crippen molar-refractivity contribution in [1.82, 2.24) is 14.5 Å². The van der Waals surface area contributed by atoms with Crippen molar-refractivity contribution in [1.29, 1.82) is 0 Å². The molecule has 7 nitrogen and oxygen atoms in total. The van der Waals surface area contributed by atoms with Crippen LogP contribution in [0.3, 0.4) is 0 Å². The monoisotopic (exact) mass is 428 g/mol. The van der Waals surface area contributed by atoms with Gasteiger partial charge in [-0.15, -0.1) is 0 Å². The Bertz CT molecular complexity index is 1330. The summed E-state index contributed by atoms with van der Waals surface area (Å²) in [5, 5.41) is 3.61. The standard InChI is InChI=1S/C25H24N4O3/c1-29-23(30)20(31-2)19(22-26-17-10-6-7-11-18(17)32-22)27-24(29)28-21(16-8-4-3-5-9-16)25-12-15(13-25)14-25/h3-11,15,21H,12-14H2,1-2H3,(H,27,28). The maximum absolute atomic E-state index is 13.2. The second kappa shape index (κ2) is 6.95. The van der Waals surface area contributed by atoms with Crippen LogP contribution in [0.25, 0.3) is 22.7 Å². The van der Waals surface area contributed by atoms with Crippen molar-refractivity contribution in [3.63, 3.8) is 0 Å². The van der Waals surface area contributed by atoms with Gasteiger partial charge in [-0.1, -0.05) is 42.5 Å². The van der Waals surface area contributed by atoms with E-state index < -0.39 is 0 Å². The highest BCUT2D eigenvalue weighted by atomic mass is 16.5. The lowest BCUT2D eigenvalue weighted by Gasteiger charge is -2.65. The molecule has 3 aliphatic carbocycles. The number of hydrogen-bond donors (Lipinski definition) is 1. The van der Waals surface area contributed by atoms with Gasteiger partial charge in [0.1, 0.15) is 5.52 Å². The summed E-state index contributed by atoms with van der Waals surface area (Å²) >= 11 is 0. The van der Waals surface area contributed by atoms with E-state index in [9.17, 15) is 4.79 Å². The number of anilines is 1. The lowest BCUT2D eigenvalue weighted by Crippen LogP contribution is -2.57. The maximum Gasteiger partial charge on any atom is 0.297 e. The molecule has 0 saturated heterocycles. The van der Waals surface area contributed by atoms with E-state index in [2.05, 4.69) is 34.6 Å². The molecule has 2 aromatic heterocycles. The smallest absolute Gasteiger partial charge is 0.297 e. The number of nitrogens with one attached hydrogen (secondary N) is 1. The van der Waals surface area contributed by atoms with Crippen molar-refractivity contribution in [3.8, 4) is 17.3 Å². The van der Waals surface area contributed by atoms with Crippen molar-refractivity contribution in [3.05, 3.63) is 70.5 Å². The molecule has 1 atom stereocenters. The quantitative estimate of drug-likeness (QED) is 0.485. The van der Waals surface area contributed by atoms with Crippen LogP contribution in [0.5, 0.6) is 5.75 Å². The SMILES string of the molecule is COc1c(-c2nc3ccccc3o2)nc(NC(c2ccccc2)C23CC(C2)C3)n(C)c1=O. The van der Waals surface area contributed by atoms with Crippen LogP contribution in [0.15, 0.2) is 63.8 Å². The third-order valence-electron chi connectivity index (χ3n) is 7.05. The molecule has 3 saturated carbocycles. The molecule has 0 spiro atoms. The minimum absolute atomic E-state index is 0.0803. The largest absolute Gasteiger partial charge is 0.489 e. The molecule has 1 N–H and O–H groups in total. The van der Waals surface area contributed by atoms with Crippen molar-refractivity contribution in [2.75, 3.05) is 12.4 Å². The first-order valence-corrected chi connectivity index (χ1v) is 10.9. The second-order valence-electron chi connectivity index (χ2n) is 9.00. The van der Waals surface area contributed by atoms with Gasteiger partial charge >= 0.3 is 0 Å². The van der Waals surface area contributed by atoms with E-state index in [0.29, 0.717) is 22.7 Å². The molecular formula is C25H24N4O3. The first-order chi connectivity index (χ1) is 15.6. The first kappa shape index (κ1) is 19.1. The highest BCUT2D eigenvalue weighted by Gasteiger charge is 2.61. The van der Waals surface area contributed by atoms with Gasteiger partial charge in [-0.25, -0.2) is 9.97 Å². The van der Waals surface area contributed by atoms with Crippen molar-refractivity contribution in [2.24, 2.45) is 18.4 Å². The van der Waals surface area contributed by atoms with Gasteiger partial charge < -0.3 is 14.5 Å². The van der Waals surface area contributed by atoms with E-state index in [1.54, 1.807) is 7.05 Å². The Kier molecular flexibility index (Phi) is 4.15. The lowest BCUT2D eigenvalue weighted by atomic mass is 9.41. The average Bonchev–Trinajstić information content (AvgIpc) is 3.18. The topological polar surface area (TPSA) is 82.2 Å². The molecular weight excluding hydrogens is 404 g/mol. The van der Waals surface area contributed by atoms with Gasteiger partial charge in [0.15, 0.2) is 11.3 Å². The number of methoxy groups -OCH3 is 1. The van der Waals surface area contributed by atoms with Gasteiger partial charge in [-0.05, 0) is 48.3 Å². The minimum Gasteiger partial charge on any atom is -0.489 e. The summed E-state index contributed by atoms with van der Waals surface area (Å²) in [6.45, 7) is 0. The fraction of sp³-hybridized carbons (Fsp3) is 0.320. The van der Waals surface area contributed by atoms with E-state index in [-0.39, 0.29) is 28.7 Å². The van der Waals surface area contributed by atoms with Gasteiger partial charge in [-0.3, -0.25) is 9.36 Å². The Hall–Kier alpha value is -3.61. The summed E-state index contributed by atoms with van der Waals surface area (Å²) in [6.07, 6.45) is 3.63. The molecule has 2 heterocycles. The van der Waals surface area contributed by atoms with Gasteiger partial charge in [-0.2, -0.15) is 0 Å². The van der Waals surface area contributed by atoms with Crippen molar-refractivity contribution in [2.45, 2.75) is 25.3 Å². The summed E-state index contributed by atoms with van der Waals surface area (Å²) in [7, 11) is 3.17. The van der Waals surface area contributed by atoms with Crippen LogP contribution in [0.1, 0.15) is 30.9 Å². The number of aromatic nitrogens is 3. The third-order valence-corrected chi connectivity index (χ3v) is 7.05. The molecule has 3 fully saturated rings. The minimum atomic E-state index is -0.285. The van der Waals surface area contributed by atoms with Gasteiger partial charge in [0.2, 0.25) is 11.7 Å². The molecule has 1 unspecified atom stereocenters. The lowest BCUT2D eigenvalue weighted by molar-refractivity contribution is -0.121.